The van der Waals surface area contributed by atoms with Crippen molar-refractivity contribution >= 4 is 17.5 Å². The smallest absolute Gasteiger partial charge is 0.257 e. The first-order valence-electron chi connectivity index (χ1n) is 8.77. The van der Waals surface area contributed by atoms with Crippen LogP contribution in [0.3, 0.4) is 0 Å². The minimum absolute atomic E-state index is 0.182. The molecule has 0 spiro atoms. The Balaban J connectivity index is 1.41. The molecule has 0 saturated heterocycles. The molecule has 0 radical (unpaired) electrons. The first-order valence-corrected chi connectivity index (χ1v) is 8.77. The standard InChI is InChI=1S/C21H16FN3O4/c22-16-2-1-3-17(8-16)25-21(27)15-7-14(10-23-11-15)20(26)24-9-13-4-5-18-19(6-13)29-12-28-18/h1-8,10-11H,9,12H2,(H,24,26)(H,25,27). The summed E-state index contributed by atoms with van der Waals surface area (Å²) in [6, 6.07) is 12.4. The van der Waals surface area contributed by atoms with Crippen LogP contribution in [0.25, 0.3) is 0 Å². The van der Waals surface area contributed by atoms with Gasteiger partial charge in [-0.25, -0.2) is 4.39 Å². The molecule has 1 aliphatic rings. The van der Waals surface area contributed by atoms with Gasteiger partial charge in [0.2, 0.25) is 6.79 Å². The minimum Gasteiger partial charge on any atom is -0.454 e. The molecular formula is C21H16FN3O4. The number of ether oxygens (including phenoxy) is 2. The average Bonchev–Trinajstić information content (AvgIpc) is 3.20. The highest BCUT2D eigenvalue weighted by atomic mass is 19.1. The molecule has 0 bridgehead atoms. The van der Waals surface area contributed by atoms with E-state index < -0.39 is 11.7 Å². The number of carbonyl (C=O) groups excluding carboxylic acids is 2. The van der Waals surface area contributed by atoms with Gasteiger partial charge >= 0.3 is 0 Å². The largest absolute Gasteiger partial charge is 0.454 e. The monoisotopic (exact) mass is 393 g/mol. The van der Waals surface area contributed by atoms with E-state index in [0.29, 0.717) is 17.2 Å². The second kappa shape index (κ2) is 7.97. The molecule has 0 fully saturated rings. The fourth-order valence-corrected chi connectivity index (χ4v) is 2.79. The molecule has 29 heavy (non-hydrogen) atoms. The number of fused-ring (bicyclic) bond motifs is 1. The zero-order chi connectivity index (χ0) is 20.2. The molecule has 7 nitrogen and oxygen atoms in total. The molecule has 8 heteroatoms. The van der Waals surface area contributed by atoms with Gasteiger partial charge in [-0.15, -0.1) is 0 Å². The van der Waals surface area contributed by atoms with Gasteiger partial charge in [-0.05, 0) is 42.0 Å². The van der Waals surface area contributed by atoms with Crippen LogP contribution in [0, 0.1) is 5.82 Å². The number of nitrogens with one attached hydrogen (secondary N) is 2. The number of pyridine rings is 1. The molecule has 0 aliphatic carbocycles. The summed E-state index contributed by atoms with van der Waals surface area (Å²) in [5.74, 6) is -0.0302. The van der Waals surface area contributed by atoms with Gasteiger partial charge in [0, 0.05) is 24.6 Å². The van der Waals surface area contributed by atoms with Crippen LogP contribution in [-0.4, -0.2) is 23.6 Å². The van der Waals surface area contributed by atoms with Crippen molar-refractivity contribution < 1.29 is 23.5 Å². The topological polar surface area (TPSA) is 89.6 Å². The van der Waals surface area contributed by atoms with E-state index in [0.717, 1.165) is 5.56 Å². The van der Waals surface area contributed by atoms with Gasteiger partial charge in [-0.2, -0.15) is 0 Å². The molecule has 2 amide bonds. The molecular weight excluding hydrogens is 377 g/mol. The average molecular weight is 393 g/mol. The van der Waals surface area contributed by atoms with Crippen molar-refractivity contribution in [3.05, 3.63) is 83.4 Å². The predicted octanol–water partition coefficient (Wildman–Crippen LogP) is 3.13. The van der Waals surface area contributed by atoms with Crippen LogP contribution in [0.15, 0.2) is 60.9 Å². The fourth-order valence-electron chi connectivity index (χ4n) is 2.79. The minimum atomic E-state index is -0.492. The lowest BCUT2D eigenvalue weighted by molar-refractivity contribution is 0.0950. The number of hydrogen-bond acceptors (Lipinski definition) is 5. The molecule has 3 aromatic rings. The quantitative estimate of drug-likeness (QED) is 0.695. The Morgan fingerprint density at radius 2 is 1.76 bits per heavy atom. The lowest BCUT2D eigenvalue weighted by Crippen LogP contribution is -2.23. The van der Waals surface area contributed by atoms with Gasteiger partial charge < -0.3 is 20.1 Å². The Bertz CT molecular complexity index is 1090. The van der Waals surface area contributed by atoms with E-state index in [1.165, 1.54) is 36.7 Å². The first kappa shape index (κ1) is 18.4. The summed E-state index contributed by atoms with van der Waals surface area (Å²) < 4.78 is 23.8. The summed E-state index contributed by atoms with van der Waals surface area (Å²) >= 11 is 0. The van der Waals surface area contributed by atoms with Gasteiger partial charge in [0.05, 0.1) is 11.1 Å². The first-order chi connectivity index (χ1) is 14.1. The molecule has 2 N–H and O–H groups in total. The van der Waals surface area contributed by atoms with Gasteiger partial charge in [-0.3, -0.25) is 14.6 Å². The van der Waals surface area contributed by atoms with Gasteiger partial charge in [0.1, 0.15) is 5.82 Å². The molecule has 0 saturated carbocycles. The lowest BCUT2D eigenvalue weighted by atomic mass is 10.1. The predicted molar refractivity (Wildman–Crippen MR) is 102 cm³/mol. The van der Waals surface area contributed by atoms with Crippen LogP contribution in [0.2, 0.25) is 0 Å². The van der Waals surface area contributed by atoms with Crippen LogP contribution >= 0.6 is 0 Å². The Hall–Kier alpha value is -3.94. The maximum absolute atomic E-state index is 13.3. The van der Waals surface area contributed by atoms with E-state index >= 15 is 0 Å². The summed E-state index contributed by atoms with van der Waals surface area (Å²) in [4.78, 5) is 28.8. The summed E-state index contributed by atoms with van der Waals surface area (Å²) in [5, 5.41) is 5.34. The van der Waals surface area contributed by atoms with Crippen LogP contribution in [0.4, 0.5) is 10.1 Å². The number of amides is 2. The van der Waals surface area contributed by atoms with Crippen molar-refractivity contribution in [3.8, 4) is 11.5 Å². The van der Waals surface area contributed by atoms with Gasteiger partial charge in [-0.1, -0.05) is 12.1 Å². The number of rotatable bonds is 5. The maximum Gasteiger partial charge on any atom is 0.257 e. The third-order valence-electron chi connectivity index (χ3n) is 4.24. The summed E-state index contributed by atoms with van der Waals surface area (Å²) in [6.07, 6.45) is 2.71. The third kappa shape index (κ3) is 4.32. The molecule has 1 aliphatic heterocycles. The van der Waals surface area contributed by atoms with Crippen molar-refractivity contribution in [1.29, 1.82) is 0 Å². The van der Waals surface area contributed by atoms with E-state index in [9.17, 15) is 14.0 Å². The Kier molecular flexibility index (Phi) is 5.07. The van der Waals surface area contributed by atoms with Crippen molar-refractivity contribution in [2.75, 3.05) is 12.1 Å². The molecule has 2 aromatic carbocycles. The number of benzene rings is 2. The number of hydrogen-bond donors (Lipinski definition) is 2. The highest BCUT2D eigenvalue weighted by Crippen LogP contribution is 2.32. The van der Waals surface area contributed by atoms with E-state index in [1.807, 2.05) is 6.07 Å². The second-order valence-corrected chi connectivity index (χ2v) is 6.30. The van der Waals surface area contributed by atoms with E-state index in [2.05, 4.69) is 15.6 Å². The van der Waals surface area contributed by atoms with Crippen LogP contribution < -0.4 is 20.1 Å². The number of anilines is 1. The summed E-state index contributed by atoms with van der Waals surface area (Å²) in [7, 11) is 0. The third-order valence-corrected chi connectivity index (χ3v) is 4.24. The normalized spacial score (nSPS) is 11.8. The van der Waals surface area contributed by atoms with Crippen molar-refractivity contribution in [3.63, 3.8) is 0 Å². The van der Waals surface area contributed by atoms with E-state index in [4.69, 9.17) is 9.47 Å². The number of nitrogens with zero attached hydrogens (tertiary/aromatic N) is 1. The van der Waals surface area contributed by atoms with Crippen molar-refractivity contribution in [2.45, 2.75) is 6.54 Å². The molecule has 0 unspecified atom stereocenters. The number of carbonyl (C=O) groups is 2. The lowest BCUT2D eigenvalue weighted by Gasteiger charge is -2.08. The zero-order valence-electron chi connectivity index (χ0n) is 15.1. The fraction of sp³-hybridized carbons (Fsp3) is 0.0952. The van der Waals surface area contributed by atoms with Crippen molar-refractivity contribution in [1.82, 2.24) is 10.3 Å². The summed E-state index contributed by atoms with van der Waals surface area (Å²) in [5.41, 5.74) is 1.57. The van der Waals surface area contributed by atoms with Crippen molar-refractivity contribution in [2.24, 2.45) is 0 Å². The molecule has 4 rings (SSSR count). The SMILES string of the molecule is O=C(NCc1ccc2c(c1)OCO2)c1cncc(C(=O)Nc2cccc(F)c2)c1. The molecule has 146 valence electrons. The second-order valence-electron chi connectivity index (χ2n) is 6.30. The highest BCUT2D eigenvalue weighted by molar-refractivity contribution is 6.05. The number of halogens is 1. The number of aromatic nitrogens is 1. The van der Waals surface area contributed by atoms with Gasteiger partial charge in [0.25, 0.3) is 11.8 Å². The Morgan fingerprint density at radius 3 is 2.59 bits per heavy atom. The van der Waals surface area contributed by atoms with Crippen LogP contribution in [0.1, 0.15) is 26.3 Å². The highest BCUT2D eigenvalue weighted by Gasteiger charge is 2.15. The molecule has 2 heterocycles. The van der Waals surface area contributed by atoms with Crippen LogP contribution in [-0.2, 0) is 6.54 Å². The molecule has 0 atom stereocenters. The van der Waals surface area contributed by atoms with Gasteiger partial charge in [0.15, 0.2) is 11.5 Å². The maximum atomic E-state index is 13.3. The Labute approximate surface area is 165 Å². The van der Waals surface area contributed by atoms with E-state index in [1.54, 1.807) is 18.2 Å². The zero-order valence-corrected chi connectivity index (χ0v) is 15.1. The van der Waals surface area contributed by atoms with Crippen LogP contribution in [0.5, 0.6) is 11.5 Å². The Morgan fingerprint density at radius 1 is 0.966 bits per heavy atom. The summed E-state index contributed by atoms with van der Waals surface area (Å²) in [6.45, 7) is 0.455. The molecule has 1 aromatic heterocycles. The van der Waals surface area contributed by atoms with E-state index in [-0.39, 0.29) is 30.4 Å².